The highest BCUT2D eigenvalue weighted by Gasteiger charge is 2.19. The summed E-state index contributed by atoms with van der Waals surface area (Å²) in [4.78, 5) is 16.9. The topological polar surface area (TPSA) is 59.5 Å². The summed E-state index contributed by atoms with van der Waals surface area (Å²) in [5, 5.41) is 10.3. The number of nitrogens with zero attached hydrogens (tertiary/aromatic N) is 3. The predicted octanol–water partition coefficient (Wildman–Crippen LogP) is 2.81. The zero-order valence-corrected chi connectivity index (χ0v) is 13.3. The standard InChI is InChI=1S/C16H15N3O2S/c1-9-11(10-6-4-5-7-13(10)17-9)8-12-14(20)18(2)16(22)19(3)15(12)21/h4-8,20H,1-3H3. The highest BCUT2D eigenvalue weighted by molar-refractivity contribution is 7.71. The van der Waals surface area contributed by atoms with E-state index in [1.54, 1.807) is 20.2 Å². The molecule has 1 aliphatic heterocycles. The molecule has 0 saturated heterocycles. The van der Waals surface area contributed by atoms with Gasteiger partial charge in [-0.15, -0.1) is 0 Å². The van der Waals surface area contributed by atoms with Crippen LogP contribution in [0.5, 0.6) is 5.88 Å². The second-order valence-electron chi connectivity index (χ2n) is 5.22. The molecule has 1 aliphatic rings. The second kappa shape index (κ2) is 5.06. The van der Waals surface area contributed by atoms with Gasteiger partial charge in [0, 0.05) is 30.9 Å². The van der Waals surface area contributed by atoms with Gasteiger partial charge in [0.1, 0.15) is 5.56 Å². The summed E-state index contributed by atoms with van der Waals surface area (Å²) >= 11 is 5.12. The van der Waals surface area contributed by atoms with Crippen LogP contribution in [0.1, 0.15) is 18.1 Å². The fraction of sp³-hybridized carbons (Fsp3) is 0.188. The second-order valence-corrected chi connectivity index (χ2v) is 5.58. The van der Waals surface area contributed by atoms with Crippen molar-refractivity contribution < 1.29 is 5.11 Å². The molecule has 0 unspecified atom stereocenters. The van der Waals surface area contributed by atoms with Gasteiger partial charge in [-0.2, -0.15) is 0 Å². The van der Waals surface area contributed by atoms with E-state index in [0.717, 1.165) is 22.5 Å². The van der Waals surface area contributed by atoms with E-state index < -0.39 is 0 Å². The fourth-order valence-electron chi connectivity index (χ4n) is 2.55. The third-order valence-corrected chi connectivity index (χ3v) is 4.38. The first-order valence-electron chi connectivity index (χ1n) is 6.77. The minimum absolute atomic E-state index is 0.141. The number of hydrogen-bond donors (Lipinski definition) is 1. The van der Waals surface area contributed by atoms with Crippen molar-refractivity contribution in [2.24, 2.45) is 19.1 Å². The van der Waals surface area contributed by atoms with Gasteiger partial charge in [-0.05, 0) is 31.3 Å². The summed E-state index contributed by atoms with van der Waals surface area (Å²) in [6, 6.07) is 7.71. The lowest BCUT2D eigenvalue weighted by molar-refractivity contribution is 0.414. The molecule has 3 rings (SSSR count). The van der Waals surface area contributed by atoms with Crippen LogP contribution in [0.3, 0.4) is 0 Å². The third kappa shape index (κ3) is 2.03. The Labute approximate surface area is 132 Å². The smallest absolute Gasteiger partial charge is 0.265 e. The maximum atomic E-state index is 12.4. The van der Waals surface area contributed by atoms with Crippen LogP contribution < -0.4 is 5.56 Å². The van der Waals surface area contributed by atoms with Crippen LogP contribution in [-0.4, -0.2) is 20.0 Å². The van der Waals surface area contributed by atoms with Gasteiger partial charge in [0.25, 0.3) is 5.56 Å². The fourth-order valence-corrected chi connectivity index (χ4v) is 2.72. The van der Waals surface area contributed by atoms with Gasteiger partial charge >= 0.3 is 0 Å². The van der Waals surface area contributed by atoms with E-state index in [1.807, 2.05) is 31.2 Å². The molecule has 1 aromatic carbocycles. The Hall–Kier alpha value is -2.47. The highest BCUT2D eigenvalue weighted by Crippen LogP contribution is 2.35. The molecule has 0 amide bonds. The Morgan fingerprint density at radius 3 is 2.64 bits per heavy atom. The number of aliphatic imine (C=N–C) groups is 1. The van der Waals surface area contributed by atoms with Gasteiger partial charge < -0.3 is 5.11 Å². The van der Waals surface area contributed by atoms with Crippen LogP contribution in [0.25, 0.3) is 11.6 Å². The quantitative estimate of drug-likeness (QED) is 0.824. The van der Waals surface area contributed by atoms with E-state index >= 15 is 0 Å². The lowest BCUT2D eigenvalue weighted by atomic mass is 10.0. The SMILES string of the molecule is CC1=Nc2ccccc2C1=Cc1c(O)n(C)c(=S)n(C)c1=O. The molecule has 2 aromatic rings. The minimum atomic E-state index is -0.328. The van der Waals surface area contributed by atoms with Crippen LogP contribution in [0, 0.1) is 4.77 Å². The zero-order valence-electron chi connectivity index (χ0n) is 12.5. The Morgan fingerprint density at radius 1 is 1.23 bits per heavy atom. The van der Waals surface area contributed by atoms with Crippen molar-refractivity contribution >= 4 is 35.3 Å². The lowest BCUT2D eigenvalue weighted by Gasteiger charge is -2.10. The molecular formula is C16H15N3O2S. The van der Waals surface area contributed by atoms with Gasteiger partial charge in [0.2, 0.25) is 5.88 Å². The van der Waals surface area contributed by atoms with Gasteiger partial charge in [0.15, 0.2) is 4.77 Å². The van der Waals surface area contributed by atoms with E-state index in [1.165, 1.54) is 9.13 Å². The van der Waals surface area contributed by atoms with Crippen LogP contribution in [0.15, 0.2) is 34.1 Å². The first-order chi connectivity index (χ1) is 10.4. The van der Waals surface area contributed by atoms with Crippen molar-refractivity contribution in [1.29, 1.82) is 0 Å². The molecule has 0 bridgehead atoms. The third-order valence-electron chi connectivity index (χ3n) is 3.83. The van der Waals surface area contributed by atoms with Crippen molar-refractivity contribution in [1.82, 2.24) is 9.13 Å². The first-order valence-corrected chi connectivity index (χ1v) is 7.18. The zero-order chi connectivity index (χ0) is 16.0. The molecule has 0 saturated carbocycles. The predicted molar refractivity (Wildman–Crippen MR) is 90.2 cm³/mol. The van der Waals surface area contributed by atoms with E-state index in [0.29, 0.717) is 0 Å². The van der Waals surface area contributed by atoms with Crippen molar-refractivity contribution in [2.75, 3.05) is 0 Å². The average Bonchev–Trinajstić information content (AvgIpc) is 2.83. The van der Waals surface area contributed by atoms with E-state index in [9.17, 15) is 9.90 Å². The van der Waals surface area contributed by atoms with E-state index in [4.69, 9.17) is 12.2 Å². The summed E-state index contributed by atoms with van der Waals surface area (Å²) in [6.07, 6.45) is 1.68. The number of aromatic nitrogens is 2. The number of para-hydroxylation sites is 1. The van der Waals surface area contributed by atoms with Gasteiger partial charge in [-0.25, -0.2) is 0 Å². The summed E-state index contributed by atoms with van der Waals surface area (Å²) in [5.74, 6) is -0.141. The molecule has 0 aliphatic carbocycles. The largest absolute Gasteiger partial charge is 0.494 e. The van der Waals surface area contributed by atoms with Crippen LogP contribution >= 0.6 is 12.2 Å². The molecule has 5 nitrogen and oxygen atoms in total. The van der Waals surface area contributed by atoms with Gasteiger partial charge in [-0.1, -0.05) is 18.2 Å². The number of fused-ring (bicyclic) bond motifs is 1. The lowest BCUT2D eigenvalue weighted by Crippen LogP contribution is -2.24. The van der Waals surface area contributed by atoms with Gasteiger partial charge in [0.05, 0.1) is 5.69 Å². The normalized spacial score (nSPS) is 15.0. The number of rotatable bonds is 1. The Kier molecular flexibility index (Phi) is 3.33. The Bertz CT molecular complexity index is 964. The maximum absolute atomic E-state index is 12.4. The molecule has 0 radical (unpaired) electrons. The highest BCUT2D eigenvalue weighted by atomic mass is 32.1. The molecule has 0 atom stereocenters. The Balaban J connectivity index is 2.30. The van der Waals surface area contributed by atoms with Crippen molar-refractivity contribution in [3.63, 3.8) is 0 Å². The summed E-state index contributed by atoms with van der Waals surface area (Å²) in [7, 11) is 3.22. The average molecular weight is 313 g/mol. The summed E-state index contributed by atoms with van der Waals surface area (Å²) in [5.41, 5.74) is 3.34. The molecule has 0 spiro atoms. The molecule has 112 valence electrons. The summed E-state index contributed by atoms with van der Waals surface area (Å²) in [6.45, 7) is 1.88. The van der Waals surface area contributed by atoms with Gasteiger partial charge in [-0.3, -0.25) is 18.9 Å². The minimum Gasteiger partial charge on any atom is -0.494 e. The van der Waals surface area contributed by atoms with E-state index in [-0.39, 0.29) is 21.8 Å². The van der Waals surface area contributed by atoms with Crippen LogP contribution in [0.4, 0.5) is 5.69 Å². The number of hydrogen-bond acceptors (Lipinski definition) is 4. The molecule has 0 fully saturated rings. The number of aromatic hydroxyl groups is 1. The van der Waals surface area contributed by atoms with Crippen molar-refractivity contribution in [3.8, 4) is 5.88 Å². The first kappa shape index (κ1) is 14.5. The molecule has 1 N–H and O–H groups in total. The van der Waals surface area contributed by atoms with Crippen LogP contribution in [-0.2, 0) is 14.1 Å². The molecule has 6 heteroatoms. The maximum Gasteiger partial charge on any atom is 0.265 e. The van der Waals surface area contributed by atoms with Crippen molar-refractivity contribution in [2.45, 2.75) is 6.92 Å². The summed E-state index contributed by atoms with van der Waals surface area (Å²) < 4.78 is 3.02. The van der Waals surface area contributed by atoms with Crippen molar-refractivity contribution in [3.05, 3.63) is 50.5 Å². The molecule has 22 heavy (non-hydrogen) atoms. The number of allylic oxidation sites excluding steroid dienone is 1. The number of benzene rings is 1. The molecule has 1 aromatic heterocycles. The van der Waals surface area contributed by atoms with Crippen LogP contribution in [0.2, 0.25) is 0 Å². The monoisotopic (exact) mass is 313 g/mol. The Morgan fingerprint density at radius 2 is 1.91 bits per heavy atom. The molecule has 2 heterocycles. The molecular weight excluding hydrogens is 298 g/mol. The van der Waals surface area contributed by atoms with E-state index in [2.05, 4.69) is 4.99 Å².